The van der Waals surface area contributed by atoms with Gasteiger partial charge in [0.15, 0.2) is 0 Å². The van der Waals surface area contributed by atoms with E-state index in [1.54, 1.807) is 12.1 Å². The Bertz CT molecular complexity index is 498. The number of carbonyl (C=O) groups is 1. The van der Waals surface area contributed by atoms with Crippen LogP contribution in [0.3, 0.4) is 0 Å². The Kier molecular flexibility index (Phi) is 5.51. The lowest BCUT2D eigenvalue weighted by Crippen LogP contribution is -2.31. The third kappa shape index (κ3) is 6.25. The predicted octanol–water partition coefficient (Wildman–Crippen LogP) is 3.55. The Balaban J connectivity index is 2.55. The molecule has 0 unspecified atom stereocenters. The minimum atomic E-state index is -0.502. The summed E-state index contributed by atoms with van der Waals surface area (Å²) in [5.41, 5.74) is 0.921. The van der Waals surface area contributed by atoms with Gasteiger partial charge in [-0.2, -0.15) is 0 Å². The van der Waals surface area contributed by atoms with Crippen molar-refractivity contribution in [1.29, 1.82) is 0 Å². The molecule has 1 aromatic carbocycles. The zero-order chi connectivity index (χ0) is 16.3. The number of ether oxygens (including phenoxy) is 1. The molecule has 21 heavy (non-hydrogen) atoms. The number of nitrogens with one attached hydrogen (secondary N) is 1. The summed E-state index contributed by atoms with van der Waals surface area (Å²) < 4.78 is 19.2. The zero-order valence-corrected chi connectivity index (χ0v) is 13.8. The topological polar surface area (TPSA) is 38.3 Å². The van der Waals surface area contributed by atoms with Crippen molar-refractivity contribution in [3.8, 4) is 0 Å². The average molecular weight is 295 g/mol. The minimum Gasteiger partial charge on any atom is -0.459 e. The fourth-order valence-corrected chi connectivity index (χ4v) is 1.83. The number of hydrogen-bond donors (Lipinski definition) is 1. The van der Waals surface area contributed by atoms with Gasteiger partial charge in [-0.05, 0) is 37.8 Å². The van der Waals surface area contributed by atoms with Gasteiger partial charge in [-0.3, -0.25) is 4.79 Å². The largest absolute Gasteiger partial charge is 0.459 e. The molecule has 0 heterocycles. The molecule has 0 aliphatic carbocycles. The van der Waals surface area contributed by atoms with Gasteiger partial charge in [0.25, 0.3) is 0 Å². The number of hydrogen-bond acceptors (Lipinski definition) is 3. The quantitative estimate of drug-likeness (QED) is 0.863. The van der Waals surface area contributed by atoms with Gasteiger partial charge in [-0.1, -0.05) is 32.9 Å². The predicted molar refractivity (Wildman–Crippen MR) is 82.7 cm³/mol. The van der Waals surface area contributed by atoms with Gasteiger partial charge in [0.2, 0.25) is 0 Å². The van der Waals surface area contributed by atoms with Crippen molar-refractivity contribution in [3.63, 3.8) is 0 Å². The van der Waals surface area contributed by atoms with Crippen molar-refractivity contribution in [2.24, 2.45) is 0 Å². The zero-order valence-electron chi connectivity index (χ0n) is 13.8. The maximum Gasteiger partial charge on any atom is 0.320 e. The molecule has 1 rings (SSSR count). The molecule has 3 nitrogen and oxygen atoms in total. The Morgan fingerprint density at radius 2 is 1.81 bits per heavy atom. The van der Waals surface area contributed by atoms with Crippen molar-refractivity contribution in [2.45, 2.75) is 59.1 Å². The molecule has 118 valence electrons. The molecule has 0 bridgehead atoms. The van der Waals surface area contributed by atoms with Crippen LogP contribution in [0.25, 0.3) is 0 Å². The van der Waals surface area contributed by atoms with Gasteiger partial charge in [0.05, 0.1) is 6.54 Å². The summed E-state index contributed by atoms with van der Waals surface area (Å²) in [6.07, 6.45) is 0. The molecule has 0 aliphatic rings. The van der Waals surface area contributed by atoms with Gasteiger partial charge < -0.3 is 10.1 Å². The highest BCUT2D eigenvalue weighted by atomic mass is 19.1. The molecule has 4 heteroatoms. The summed E-state index contributed by atoms with van der Waals surface area (Å²) in [5.74, 6) is -0.590. The van der Waals surface area contributed by atoms with Crippen LogP contribution in [0.1, 0.15) is 52.7 Å². The van der Waals surface area contributed by atoms with Crippen LogP contribution in [0, 0.1) is 5.82 Å². The summed E-state index contributed by atoms with van der Waals surface area (Å²) in [5, 5.41) is 2.91. The SMILES string of the molecule is CC(C)(C)OC(=O)CNCc1ccc(C(C)(C)C)cc1F. The molecule has 1 N–H and O–H groups in total. The Labute approximate surface area is 126 Å². The van der Waals surface area contributed by atoms with Gasteiger partial charge in [-0.15, -0.1) is 0 Å². The van der Waals surface area contributed by atoms with Crippen molar-refractivity contribution < 1.29 is 13.9 Å². The molecule has 0 aliphatic heterocycles. The molecule has 0 atom stereocenters. The van der Waals surface area contributed by atoms with E-state index in [-0.39, 0.29) is 23.7 Å². The summed E-state index contributed by atoms with van der Waals surface area (Å²) in [7, 11) is 0. The maximum absolute atomic E-state index is 14.0. The minimum absolute atomic E-state index is 0.0672. The number of rotatable bonds is 4. The Morgan fingerprint density at radius 3 is 2.29 bits per heavy atom. The van der Waals surface area contributed by atoms with E-state index in [0.29, 0.717) is 12.1 Å². The second-order valence-corrected chi connectivity index (χ2v) is 7.25. The van der Waals surface area contributed by atoms with Crippen LogP contribution < -0.4 is 5.32 Å². The monoisotopic (exact) mass is 295 g/mol. The van der Waals surface area contributed by atoms with E-state index in [4.69, 9.17) is 4.74 Å². The fraction of sp³-hybridized carbons (Fsp3) is 0.588. The van der Waals surface area contributed by atoms with Crippen LogP contribution in [-0.2, 0) is 21.5 Å². The molecule has 0 spiro atoms. The summed E-state index contributed by atoms with van der Waals surface area (Å²) in [4.78, 5) is 11.5. The Hall–Kier alpha value is -1.42. The van der Waals surface area contributed by atoms with Crippen molar-refractivity contribution in [2.75, 3.05) is 6.54 Å². The lowest BCUT2D eigenvalue weighted by Gasteiger charge is -2.20. The van der Waals surface area contributed by atoms with Crippen molar-refractivity contribution >= 4 is 5.97 Å². The van der Waals surface area contributed by atoms with Crippen LogP contribution in [0.15, 0.2) is 18.2 Å². The lowest BCUT2D eigenvalue weighted by molar-refractivity contribution is -0.153. The average Bonchev–Trinajstić information content (AvgIpc) is 2.27. The second-order valence-electron chi connectivity index (χ2n) is 7.25. The van der Waals surface area contributed by atoms with E-state index in [1.165, 1.54) is 0 Å². The number of esters is 1. The summed E-state index contributed by atoms with van der Waals surface area (Å²) in [6, 6.07) is 5.25. The first-order valence-corrected chi connectivity index (χ1v) is 7.20. The summed E-state index contributed by atoms with van der Waals surface area (Å²) in [6.45, 7) is 11.9. The van der Waals surface area contributed by atoms with E-state index in [9.17, 15) is 9.18 Å². The van der Waals surface area contributed by atoms with Crippen molar-refractivity contribution in [3.05, 3.63) is 35.1 Å². The van der Waals surface area contributed by atoms with E-state index in [2.05, 4.69) is 5.32 Å². The number of carbonyl (C=O) groups excluding carboxylic acids is 1. The van der Waals surface area contributed by atoms with Crippen LogP contribution >= 0.6 is 0 Å². The number of benzene rings is 1. The molecule has 0 saturated heterocycles. The van der Waals surface area contributed by atoms with Gasteiger partial charge in [0.1, 0.15) is 11.4 Å². The van der Waals surface area contributed by atoms with Gasteiger partial charge in [0, 0.05) is 12.1 Å². The molecule has 0 aromatic heterocycles. The van der Waals surface area contributed by atoms with Crippen LogP contribution in [0.4, 0.5) is 4.39 Å². The van der Waals surface area contributed by atoms with Crippen LogP contribution in [0.5, 0.6) is 0 Å². The van der Waals surface area contributed by atoms with Gasteiger partial charge >= 0.3 is 5.97 Å². The van der Waals surface area contributed by atoms with E-state index in [1.807, 2.05) is 47.6 Å². The van der Waals surface area contributed by atoms with Gasteiger partial charge in [-0.25, -0.2) is 4.39 Å². The van der Waals surface area contributed by atoms with Crippen LogP contribution in [0.2, 0.25) is 0 Å². The Morgan fingerprint density at radius 1 is 1.19 bits per heavy atom. The first-order chi connectivity index (χ1) is 9.49. The molecular formula is C17H26FNO2. The molecule has 0 radical (unpaired) electrons. The van der Waals surface area contributed by atoms with E-state index < -0.39 is 5.60 Å². The standard InChI is InChI=1S/C17H26FNO2/c1-16(2,3)13-8-7-12(14(18)9-13)10-19-11-15(20)21-17(4,5)6/h7-9,19H,10-11H2,1-6H3. The molecule has 0 saturated carbocycles. The smallest absolute Gasteiger partial charge is 0.320 e. The van der Waals surface area contributed by atoms with E-state index >= 15 is 0 Å². The van der Waals surface area contributed by atoms with E-state index in [0.717, 1.165) is 5.56 Å². The second kappa shape index (κ2) is 6.56. The summed E-state index contributed by atoms with van der Waals surface area (Å²) >= 11 is 0. The highest BCUT2D eigenvalue weighted by Crippen LogP contribution is 2.23. The van der Waals surface area contributed by atoms with Crippen LogP contribution in [-0.4, -0.2) is 18.1 Å². The number of halogens is 1. The van der Waals surface area contributed by atoms with Crippen molar-refractivity contribution in [1.82, 2.24) is 5.32 Å². The molecule has 0 fully saturated rings. The first kappa shape index (κ1) is 17.6. The normalized spacial score (nSPS) is 12.3. The third-order valence-corrected chi connectivity index (χ3v) is 2.92. The molecule has 0 amide bonds. The highest BCUT2D eigenvalue weighted by molar-refractivity contribution is 5.72. The maximum atomic E-state index is 14.0. The highest BCUT2D eigenvalue weighted by Gasteiger charge is 2.17. The lowest BCUT2D eigenvalue weighted by atomic mass is 9.86. The third-order valence-electron chi connectivity index (χ3n) is 2.92. The molecule has 1 aromatic rings. The first-order valence-electron chi connectivity index (χ1n) is 7.20. The molecular weight excluding hydrogens is 269 g/mol. The fourth-order valence-electron chi connectivity index (χ4n) is 1.83.